The van der Waals surface area contributed by atoms with Crippen LogP contribution in [0.5, 0.6) is 0 Å². The van der Waals surface area contributed by atoms with Gasteiger partial charge in [-0.15, -0.1) is 35.6 Å². The van der Waals surface area contributed by atoms with Crippen LogP contribution in [0.25, 0.3) is 10.1 Å². The molecule has 68 valence electrons. The molecule has 0 atom stereocenters. The minimum Gasteiger partial charge on any atom is -0.142 e. The molecule has 0 unspecified atom stereocenters. The van der Waals surface area contributed by atoms with Crippen LogP contribution in [0.2, 0.25) is 0 Å². The second-order valence-corrected chi connectivity index (χ2v) is 6.41. The van der Waals surface area contributed by atoms with Gasteiger partial charge in [0, 0.05) is 15.5 Å². The lowest BCUT2D eigenvalue weighted by molar-refractivity contribution is 1.38. The van der Waals surface area contributed by atoms with Gasteiger partial charge in [0.05, 0.1) is 2.88 Å². The quantitative estimate of drug-likeness (QED) is 0.440. The highest BCUT2D eigenvalue weighted by molar-refractivity contribution is 14.1. The largest absolute Gasteiger partial charge is 0.142 e. The van der Waals surface area contributed by atoms with Crippen LogP contribution in [0.15, 0.2) is 23.1 Å². The molecule has 0 amide bonds. The third-order valence-electron chi connectivity index (χ3n) is 1.78. The Balaban J connectivity index is 2.75. The number of fused-ring (bicyclic) bond motifs is 1. The highest BCUT2D eigenvalue weighted by atomic mass is 127. The number of rotatable bonds is 1. The summed E-state index contributed by atoms with van der Waals surface area (Å²) in [5.74, 6) is 0.552. The maximum Gasteiger partial charge on any atom is 0.0666 e. The van der Waals surface area contributed by atoms with Crippen LogP contribution in [0.1, 0.15) is 5.56 Å². The average molecular weight is 341 g/mol. The van der Waals surface area contributed by atoms with Gasteiger partial charge in [0.15, 0.2) is 0 Å². The Morgan fingerprint density at radius 1 is 1.38 bits per heavy atom. The van der Waals surface area contributed by atoms with E-state index in [1.165, 1.54) is 13.0 Å². The first-order valence-electron chi connectivity index (χ1n) is 3.67. The molecule has 1 heterocycles. The minimum absolute atomic E-state index is 0.552. The van der Waals surface area contributed by atoms with Gasteiger partial charge in [0.25, 0.3) is 0 Å². The van der Waals surface area contributed by atoms with E-state index in [4.69, 9.17) is 11.6 Å². The third kappa shape index (κ3) is 1.98. The molecular formula is C9H6ClIS2. The van der Waals surface area contributed by atoms with Crippen LogP contribution in [-0.2, 0) is 5.88 Å². The van der Waals surface area contributed by atoms with Crippen molar-refractivity contribution >= 4 is 68.2 Å². The van der Waals surface area contributed by atoms with E-state index < -0.39 is 0 Å². The zero-order valence-corrected chi connectivity index (χ0v) is 11.2. The van der Waals surface area contributed by atoms with Gasteiger partial charge < -0.3 is 0 Å². The predicted molar refractivity (Wildman–Crippen MR) is 71.4 cm³/mol. The number of alkyl halides is 1. The van der Waals surface area contributed by atoms with E-state index in [1.54, 1.807) is 11.3 Å². The molecule has 0 fully saturated rings. The van der Waals surface area contributed by atoms with Crippen molar-refractivity contribution in [1.82, 2.24) is 0 Å². The molecule has 0 aliphatic carbocycles. The molecule has 0 aliphatic rings. The van der Waals surface area contributed by atoms with Crippen molar-refractivity contribution in [2.45, 2.75) is 10.8 Å². The summed E-state index contributed by atoms with van der Waals surface area (Å²) in [6, 6.07) is 6.32. The van der Waals surface area contributed by atoms with Gasteiger partial charge in [0.1, 0.15) is 0 Å². The summed E-state index contributed by atoms with van der Waals surface area (Å²) in [4.78, 5) is 1.03. The average Bonchev–Trinajstić information content (AvgIpc) is 2.46. The lowest BCUT2D eigenvalue weighted by Gasteiger charge is -1.98. The summed E-state index contributed by atoms with van der Waals surface area (Å²) in [5.41, 5.74) is 1.13. The summed E-state index contributed by atoms with van der Waals surface area (Å²) in [6.45, 7) is 0. The van der Waals surface area contributed by atoms with Gasteiger partial charge in [-0.3, -0.25) is 0 Å². The third-order valence-corrected chi connectivity index (χ3v) is 4.54. The number of thiol groups is 1. The standard InChI is InChI=1S/C9H6ClIS2/c10-4-5-1-6-3-8(11)13-9(6)7(12)2-5/h1-3,12H,4H2. The maximum atomic E-state index is 5.77. The topological polar surface area (TPSA) is 0 Å². The van der Waals surface area contributed by atoms with Crippen LogP contribution in [-0.4, -0.2) is 0 Å². The van der Waals surface area contributed by atoms with Gasteiger partial charge in [-0.25, -0.2) is 0 Å². The van der Waals surface area contributed by atoms with E-state index in [0.29, 0.717) is 5.88 Å². The summed E-state index contributed by atoms with van der Waals surface area (Å²) >= 11 is 14.3. The number of thiophene rings is 1. The Kier molecular flexibility index (Phi) is 3.07. The van der Waals surface area contributed by atoms with E-state index in [0.717, 1.165) is 10.5 Å². The van der Waals surface area contributed by atoms with Gasteiger partial charge in [-0.2, -0.15) is 0 Å². The molecule has 13 heavy (non-hydrogen) atoms. The lowest BCUT2D eigenvalue weighted by Crippen LogP contribution is -1.77. The molecule has 0 saturated carbocycles. The minimum atomic E-state index is 0.552. The molecule has 0 N–H and O–H groups in total. The van der Waals surface area contributed by atoms with Crippen molar-refractivity contribution in [3.63, 3.8) is 0 Å². The fraction of sp³-hybridized carbons (Fsp3) is 0.111. The Hall–Kier alpha value is 0.550. The van der Waals surface area contributed by atoms with Crippen LogP contribution >= 0.6 is 58.2 Å². The van der Waals surface area contributed by atoms with Gasteiger partial charge >= 0.3 is 0 Å². The fourth-order valence-electron chi connectivity index (χ4n) is 1.24. The highest BCUT2D eigenvalue weighted by Gasteiger charge is 2.04. The molecule has 2 rings (SSSR count). The van der Waals surface area contributed by atoms with E-state index >= 15 is 0 Å². The normalized spacial score (nSPS) is 11.0. The van der Waals surface area contributed by atoms with Crippen molar-refractivity contribution in [1.29, 1.82) is 0 Å². The lowest BCUT2D eigenvalue weighted by atomic mass is 10.2. The Labute approximate surface area is 105 Å². The maximum absolute atomic E-state index is 5.77. The van der Waals surface area contributed by atoms with Gasteiger partial charge in [-0.1, -0.05) is 0 Å². The van der Waals surface area contributed by atoms with E-state index in [-0.39, 0.29) is 0 Å². The zero-order chi connectivity index (χ0) is 9.42. The molecule has 1 aromatic carbocycles. The molecule has 0 spiro atoms. The summed E-state index contributed by atoms with van der Waals surface area (Å²) < 4.78 is 2.54. The van der Waals surface area contributed by atoms with Gasteiger partial charge in [-0.05, 0) is 51.7 Å². The molecule has 0 radical (unpaired) electrons. The van der Waals surface area contributed by atoms with Crippen molar-refractivity contribution in [2.75, 3.05) is 0 Å². The zero-order valence-electron chi connectivity index (χ0n) is 6.55. The summed E-state index contributed by atoms with van der Waals surface area (Å²) in [5, 5.41) is 1.25. The van der Waals surface area contributed by atoms with Crippen LogP contribution in [0, 0.1) is 2.88 Å². The first-order valence-corrected chi connectivity index (χ1v) is 6.55. The number of halogens is 2. The number of hydrogen-bond donors (Lipinski definition) is 1. The molecule has 0 nitrogen and oxygen atoms in total. The first-order chi connectivity index (χ1) is 6.20. The molecule has 0 bridgehead atoms. The Bertz CT molecular complexity index is 450. The SMILES string of the molecule is Sc1cc(CCl)cc2cc(I)sc12. The number of benzene rings is 1. The second-order valence-electron chi connectivity index (χ2n) is 2.72. The molecular weight excluding hydrogens is 335 g/mol. The van der Waals surface area contributed by atoms with Crippen LogP contribution in [0.3, 0.4) is 0 Å². The van der Waals surface area contributed by atoms with Crippen molar-refractivity contribution in [3.05, 3.63) is 26.6 Å². The monoisotopic (exact) mass is 340 g/mol. The van der Waals surface area contributed by atoms with E-state index in [2.05, 4.69) is 47.4 Å². The molecule has 1 aromatic heterocycles. The Morgan fingerprint density at radius 2 is 2.15 bits per heavy atom. The first kappa shape index (κ1) is 10.1. The van der Waals surface area contributed by atoms with Crippen LogP contribution < -0.4 is 0 Å². The van der Waals surface area contributed by atoms with E-state index in [9.17, 15) is 0 Å². The second kappa shape index (κ2) is 3.96. The smallest absolute Gasteiger partial charge is 0.0666 e. The van der Waals surface area contributed by atoms with Gasteiger partial charge in [0.2, 0.25) is 0 Å². The van der Waals surface area contributed by atoms with Crippen molar-refractivity contribution in [3.8, 4) is 0 Å². The Morgan fingerprint density at radius 3 is 2.85 bits per heavy atom. The molecule has 4 heteroatoms. The predicted octanol–water partition coefficient (Wildman–Crippen LogP) is 4.53. The highest BCUT2D eigenvalue weighted by Crippen LogP contribution is 2.33. The summed E-state index contributed by atoms with van der Waals surface area (Å²) in [6.07, 6.45) is 0. The molecule has 0 aliphatic heterocycles. The molecule has 2 aromatic rings. The van der Waals surface area contributed by atoms with E-state index in [1.807, 2.05) is 6.07 Å². The molecule has 0 saturated heterocycles. The fourth-order valence-corrected chi connectivity index (χ4v) is 3.60. The summed E-state index contributed by atoms with van der Waals surface area (Å²) in [7, 11) is 0. The number of hydrogen-bond acceptors (Lipinski definition) is 2. The van der Waals surface area contributed by atoms with Crippen LogP contribution in [0.4, 0.5) is 0 Å². The van der Waals surface area contributed by atoms with Crippen molar-refractivity contribution in [2.24, 2.45) is 0 Å². The van der Waals surface area contributed by atoms with Crippen molar-refractivity contribution < 1.29 is 0 Å².